The number of likely N-dealkylation sites (tertiary alicyclic amines) is 1. The van der Waals surface area contributed by atoms with Gasteiger partial charge in [-0.2, -0.15) is 11.3 Å². The van der Waals surface area contributed by atoms with Crippen molar-refractivity contribution in [1.82, 2.24) is 4.90 Å². The number of piperidine rings is 1. The summed E-state index contributed by atoms with van der Waals surface area (Å²) in [7, 11) is 0. The molecule has 2 aromatic rings. The predicted molar refractivity (Wildman–Crippen MR) is 96.9 cm³/mol. The Labute approximate surface area is 146 Å². The molecule has 3 rings (SSSR count). The molecule has 1 amide bonds. The van der Waals surface area contributed by atoms with Gasteiger partial charge in [0.2, 0.25) is 5.91 Å². The van der Waals surface area contributed by atoms with Crippen molar-refractivity contribution in [2.45, 2.75) is 39.3 Å². The third-order valence-corrected chi connectivity index (χ3v) is 5.41. The SMILES string of the molecule is CC(=O)N(c1ccc(C)c(F)c1)C1CCN(Cc2ccsc2)CC1. The lowest BCUT2D eigenvalue weighted by molar-refractivity contribution is -0.117. The Bertz CT molecular complexity index is 693. The van der Waals surface area contributed by atoms with Gasteiger partial charge in [-0.15, -0.1) is 0 Å². The summed E-state index contributed by atoms with van der Waals surface area (Å²) in [4.78, 5) is 16.4. The van der Waals surface area contributed by atoms with E-state index < -0.39 is 0 Å². The third-order valence-electron chi connectivity index (χ3n) is 4.68. The highest BCUT2D eigenvalue weighted by Crippen LogP contribution is 2.26. The molecule has 1 fully saturated rings. The normalized spacial score (nSPS) is 16.3. The van der Waals surface area contributed by atoms with Gasteiger partial charge in [0, 0.05) is 38.3 Å². The molecule has 3 nitrogen and oxygen atoms in total. The predicted octanol–water partition coefficient (Wildman–Crippen LogP) is 4.21. The van der Waals surface area contributed by atoms with Crippen LogP contribution in [-0.4, -0.2) is 29.9 Å². The summed E-state index contributed by atoms with van der Waals surface area (Å²) < 4.78 is 13.9. The first kappa shape index (κ1) is 17.1. The fourth-order valence-electron chi connectivity index (χ4n) is 3.36. The number of carbonyl (C=O) groups is 1. The van der Waals surface area contributed by atoms with E-state index in [-0.39, 0.29) is 17.8 Å². The van der Waals surface area contributed by atoms with Crippen LogP contribution in [0.25, 0.3) is 0 Å². The molecule has 0 spiro atoms. The summed E-state index contributed by atoms with van der Waals surface area (Å²) in [6.45, 7) is 6.18. The maximum atomic E-state index is 13.9. The molecule has 5 heteroatoms. The monoisotopic (exact) mass is 346 g/mol. The van der Waals surface area contributed by atoms with Crippen molar-refractivity contribution in [3.63, 3.8) is 0 Å². The van der Waals surface area contributed by atoms with Crippen LogP contribution in [0.15, 0.2) is 35.0 Å². The number of rotatable bonds is 4. The van der Waals surface area contributed by atoms with E-state index >= 15 is 0 Å². The summed E-state index contributed by atoms with van der Waals surface area (Å²) in [6.07, 6.45) is 1.83. The number of hydrogen-bond donors (Lipinski definition) is 0. The van der Waals surface area contributed by atoms with Crippen LogP contribution in [-0.2, 0) is 11.3 Å². The van der Waals surface area contributed by atoms with Gasteiger partial charge in [-0.3, -0.25) is 9.69 Å². The van der Waals surface area contributed by atoms with Gasteiger partial charge in [0.1, 0.15) is 5.82 Å². The number of anilines is 1. The van der Waals surface area contributed by atoms with Crippen molar-refractivity contribution in [2.24, 2.45) is 0 Å². The van der Waals surface area contributed by atoms with Gasteiger partial charge in [0.25, 0.3) is 0 Å². The van der Waals surface area contributed by atoms with Crippen molar-refractivity contribution >= 4 is 22.9 Å². The number of hydrogen-bond acceptors (Lipinski definition) is 3. The molecular weight excluding hydrogens is 323 g/mol. The Balaban J connectivity index is 1.67. The Morgan fingerprint density at radius 3 is 2.67 bits per heavy atom. The lowest BCUT2D eigenvalue weighted by Crippen LogP contribution is -2.46. The molecule has 1 aromatic heterocycles. The van der Waals surface area contributed by atoms with E-state index in [9.17, 15) is 9.18 Å². The molecule has 24 heavy (non-hydrogen) atoms. The van der Waals surface area contributed by atoms with Crippen LogP contribution in [0.2, 0.25) is 0 Å². The molecule has 0 atom stereocenters. The highest BCUT2D eigenvalue weighted by molar-refractivity contribution is 7.07. The number of benzene rings is 1. The van der Waals surface area contributed by atoms with Crippen LogP contribution in [0.5, 0.6) is 0 Å². The zero-order chi connectivity index (χ0) is 17.1. The number of thiophene rings is 1. The first-order valence-corrected chi connectivity index (χ1v) is 9.28. The van der Waals surface area contributed by atoms with Crippen molar-refractivity contribution in [1.29, 1.82) is 0 Å². The number of aryl methyl sites for hydroxylation is 1. The van der Waals surface area contributed by atoms with Gasteiger partial charge in [0.05, 0.1) is 0 Å². The molecule has 0 N–H and O–H groups in total. The van der Waals surface area contributed by atoms with Gasteiger partial charge in [-0.05, 0) is 59.9 Å². The first-order chi connectivity index (χ1) is 11.5. The van der Waals surface area contributed by atoms with Gasteiger partial charge in [-0.25, -0.2) is 4.39 Å². The van der Waals surface area contributed by atoms with Crippen LogP contribution in [0.3, 0.4) is 0 Å². The van der Waals surface area contributed by atoms with Crippen LogP contribution < -0.4 is 4.90 Å². The van der Waals surface area contributed by atoms with Gasteiger partial charge < -0.3 is 4.90 Å². The van der Waals surface area contributed by atoms with E-state index in [2.05, 4.69) is 21.7 Å². The van der Waals surface area contributed by atoms with E-state index in [1.54, 1.807) is 36.2 Å². The molecule has 1 saturated heterocycles. The number of carbonyl (C=O) groups excluding carboxylic acids is 1. The molecule has 2 heterocycles. The summed E-state index contributed by atoms with van der Waals surface area (Å²) in [5.41, 5.74) is 2.62. The van der Waals surface area contributed by atoms with E-state index in [0.29, 0.717) is 11.3 Å². The Kier molecular flexibility index (Phi) is 5.31. The van der Waals surface area contributed by atoms with E-state index in [1.165, 1.54) is 11.6 Å². The molecule has 1 aliphatic heterocycles. The Morgan fingerprint density at radius 2 is 2.08 bits per heavy atom. The van der Waals surface area contributed by atoms with Crippen LogP contribution >= 0.6 is 11.3 Å². The molecule has 0 aliphatic carbocycles. The minimum Gasteiger partial charge on any atom is -0.309 e. The minimum atomic E-state index is -0.256. The number of nitrogens with zero attached hydrogens (tertiary/aromatic N) is 2. The second-order valence-corrected chi connectivity index (χ2v) is 7.24. The largest absolute Gasteiger partial charge is 0.309 e. The molecule has 0 saturated carbocycles. The van der Waals surface area contributed by atoms with Crippen LogP contribution in [0.4, 0.5) is 10.1 Å². The maximum absolute atomic E-state index is 13.9. The molecule has 0 bridgehead atoms. The van der Waals surface area contributed by atoms with E-state index in [4.69, 9.17) is 0 Å². The highest BCUT2D eigenvalue weighted by Gasteiger charge is 2.27. The lowest BCUT2D eigenvalue weighted by Gasteiger charge is -2.38. The van der Waals surface area contributed by atoms with Gasteiger partial charge >= 0.3 is 0 Å². The van der Waals surface area contributed by atoms with Crippen molar-refractivity contribution < 1.29 is 9.18 Å². The minimum absolute atomic E-state index is 0.0189. The summed E-state index contributed by atoms with van der Waals surface area (Å²) in [5, 5.41) is 4.29. The van der Waals surface area contributed by atoms with E-state index in [1.807, 2.05) is 6.07 Å². The van der Waals surface area contributed by atoms with Gasteiger partial charge in [0.15, 0.2) is 0 Å². The molecular formula is C19H23FN2OS. The number of amides is 1. The molecule has 1 aromatic carbocycles. The average Bonchev–Trinajstić information content (AvgIpc) is 3.05. The highest BCUT2D eigenvalue weighted by atomic mass is 32.1. The Morgan fingerprint density at radius 1 is 1.33 bits per heavy atom. The van der Waals surface area contributed by atoms with Crippen molar-refractivity contribution in [3.8, 4) is 0 Å². The average molecular weight is 346 g/mol. The molecule has 1 aliphatic rings. The van der Waals surface area contributed by atoms with Crippen LogP contribution in [0, 0.1) is 12.7 Å². The summed E-state index contributed by atoms with van der Waals surface area (Å²) >= 11 is 1.72. The molecule has 0 unspecified atom stereocenters. The maximum Gasteiger partial charge on any atom is 0.224 e. The third kappa shape index (κ3) is 3.84. The summed E-state index contributed by atoms with van der Waals surface area (Å²) in [5.74, 6) is -0.275. The molecule has 0 radical (unpaired) electrons. The standard InChI is InChI=1S/C19H23FN2OS/c1-14-3-4-18(11-19(14)20)22(15(2)23)17-5-8-21(9-6-17)12-16-7-10-24-13-16/h3-4,7,10-11,13,17H,5-6,8-9,12H2,1-2H3. The quantitative estimate of drug-likeness (QED) is 0.828. The van der Waals surface area contributed by atoms with Crippen molar-refractivity contribution in [3.05, 3.63) is 52.0 Å². The van der Waals surface area contributed by atoms with Crippen LogP contribution in [0.1, 0.15) is 30.9 Å². The first-order valence-electron chi connectivity index (χ1n) is 8.34. The summed E-state index contributed by atoms with van der Waals surface area (Å²) in [6, 6.07) is 7.37. The fraction of sp³-hybridized carbons (Fsp3) is 0.421. The number of halogens is 1. The van der Waals surface area contributed by atoms with Gasteiger partial charge in [-0.1, -0.05) is 6.07 Å². The van der Waals surface area contributed by atoms with Crippen molar-refractivity contribution in [2.75, 3.05) is 18.0 Å². The molecule has 128 valence electrons. The Hall–Kier alpha value is -1.72. The zero-order valence-corrected chi connectivity index (χ0v) is 15.0. The second-order valence-electron chi connectivity index (χ2n) is 6.46. The second kappa shape index (κ2) is 7.45. The fourth-order valence-corrected chi connectivity index (χ4v) is 4.02. The lowest BCUT2D eigenvalue weighted by atomic mass is 10.0. The van der Waals surface area contributed by atoms with E-state index in [0.717, 1.165) is 32.5 Å². The smallest absolute Gasteiger partial charge is 0.224 e. The zero-order valence-electron chi connectivity index (χ0n) is 14.2. The topological polar surface area (TPSA) is 23.6 Å².